The van der Waals surface area contributed by atoms with Crippen molar-refractivity contribution >= 4 is 23.4 Å². The predicted molar refractivity (Wildman–Crippen MR) is 78.3 cm³/mol. The monoisotopic (exact) mass is 312 g/mol. The highest BCUT2D eigenvalue weighted by molar-refractivity contribution is 6.30. The summed E-state index contributed by atoms with van der Waals surface area (Å²) in [5.74, 6) is -0.779. The molecule has 1 aliphatic heterocycles. The van der Waals surface area contributed by atoms with Crippen molar-refractivity contribution in [3.63, 3.8) is 0 Å². The first-order chi connectivity index (χ1) is 9.91. The number of nitrogens with one attached hydrogen (secondary N) is 1. The number of piperazine rings is 1. The topological polar surface area (TPSA) is 49.4 Å². The smallest absolute Gasteiger partial charge is 0.249 e. The number of carbonyl (C=O) groups is 2. The van der Waals surface area contributed by atoms with Crippen LogP contribution in [0.15, 0.2) is 18.2 Å². The Balaban J connectivity index is 2.24. The average molecular weight is 313 g/mol. The van der Waals surface area contributed by atoms with Crippen molar-refractivity contribution in [2.24, 2.45) is 0 Å². The van der Waals surface area contributed by atoms with Gasteiger partial charge in [0.15, 0.2) is 0 Å². The van der Waals surface area contributed by atoms with E-state index in [0.717, 1.165) is 0 Å². The molecule has 1 aromatic rings. The third kappa shape index (κ3) is 3.02. The van der Waals surface area contributed by atoms with Crippen LogP contribution in [0.3, 0.4) is 0 Å². The van der Waals surface area contributed by atoms with Gasteiger partial charge in [-0.05, 0) is 30.5 Å². The van der Waals surface area contributed by atoms with Crippen molar-refractivity contribution in [1.82, 2.24) is 10.2 Å². The van der Waals surface area contributed by atoms with E-state index in [9.17, 15) is 14.0 Å². The Labute approximate surface area is 128 Å². The molecule has 1 saturated heterocycles. The van der Waals surface area contributed by atoms with Crippen molar-refractivity contribution in [3.8, 4) is 0 Å². The highest BCUT2D eigenvalue weighted by Gasteiger charge is 2.43. The minimum atomic E-state index is -0.834. The molecular formula is C15H18ClFN2O2. The number of rotatable bonds is 4. The molecule has 0 bridgehead atoms. The Hall–Kier alpha value is -1.62. The van der Waals surface area contributed by atoms with E-state index in [-0.39, 0.29) is 29.9 Å². The van der Waals surface area contributed by atoms with Gasteiger partial charge in [-0.2, -0.15) is 0 Å². The molecule has 0 unspecified atom stereocenters. The Morgan fingerprint density at radius 2 is 2.00 bits per heavy atom. The molecule has 1 heterocycles. The quantitative estimate of drug-likeness (QED) is 0.928. The van der Waals surface area contributed by atoms with E-state index in [1.165, 1.54) is 17.0 Å². The molecule has 1 fully saturated rings. The zero-order valence-corrected chi connectivity index (χ0v) is 12.8. The molecule has 0 spiro atoms. The van der Waals surface area contributed by atoms with E-state index in [1.807, 2.05) is 13.8 Å². The second-order valence-corrected chi connectivity index (χ2v) is 5.65. The van der Waals surface area contributed by atoms with Crippen LogP contribution >= 0.6 is 11.6 Å². The lowest BCUT2D eigenvalue weighted by atomic mass is 9.88. The van der Waals surface area contributed by atoms with Crippen molar-refractivity contribution in [2.75, 3.05) is 6.54 Å². The van der Waals surface area contributed by atoms with Crippen LogP contribution in [0, 0.1) is 5.82 Å². The van der Waals surface area contributed by atoms with Crippen LogP contribution in [0.1, 0.15) is 32.3 Å². The van der Waals surface area contributed by atoms with Crippen LogP contribution < -0.4 is 5.32 Å². The van der Waals surface area contributed by atoms with Gasteiger partial charge < -0.3 is 10.2 Å². The first-order valence-corrected chi connectivity index (χ1v) is 7.34. The number of hydrogen-bond donors (Lipinski definition) is 1. The number of halogens is 2. The fraction of sp³-hybridized carbons (Fsp3) is 0.467. The van der Waals surface area contributed by atoms with E-state index < -0.39 is 11.4 Å². The number of nitrogens with zero attached hydrogens (tertiary/aromatic N) is 1. The van der Waals surface area contributed by atoms with Gasteiger partial charge in [0.2, 0.25) is 11.8 Å². The Morgan fingerprint density at radius 1 is 1.33 bits per heavy atom. The second-order valence-electron chi connectivity index (χ2n) is 5.25. The molecular weight excluding hydrogens is 295 g/mol. The zero-order chi connectivity index (χ0) is 15.6. The summed E-state index contributed by atoms with van der Waals surface area (Å²) < 4.78 is 13.2. The zero-order valence-electron chi connectivity index (χ0n) is 12.1. The Bertz CT molecular complexity index is 573. The Morgan fingerprint density at radius 3 is 2.57 bits per heavy atom. The van der Waals surface area contributed by atoms with Crippen molar-refractivity contribution < 1.29 is 14.0 Å². The number of amides is 2. The highest BCUT2D eigenvalue weighted by atomic mass is 35.5. The second kappa shape index (κ2) is 6.02. The molecule has 0 saturated carbocycles. The molecule has 114 valence electrons. The highest BCUT2D eigenvalue weighted by Crippen LogP contribution is 2.24. The maximum atomic E-state index is 13.2. The summed E-state index contributed by atoms with van der Waals surface area (Å²) in [7, 11) is 0. The van der Waals surface area contributed by atoms with Crippen molar-refractivity contribution in [2.45, 2.75) is 38.8 Å². The summed E-state index contributed by atoms with van der Waals surface area (Å²) in [4.78, 5) is 26.0. The van der Waals surface area contributed by atoms with Crippen molar-refractivity contribution in [1.29, 1.82) is 0 Å². The van der Waals surface area contributed by atoms with Gasteiger partial charge in [0, 0.05) is 6.54 Å². The van der Waals surface area contributed by atoms with Crippen LogP contribution in [0.25, 0.3) is 0 Å². The van der Waals surface area contributed by atoms with E-state index in [2.05, 4.69) is 5.32 Å². The lowest BCUT2D eigenvalue weighted by Gasteiger charge is -2.41. The summed E-state index contributed by atoms with van der Waals surface area (Å²) in [6, 6.07) is 4.32. The SMILES string of the molecule is CCC1(CC)NC(=O)CN(Cc2ccc(F)c(Cl)c2)C1=O. The minimum Gasteiger partial charge on any atom is -0.340 e. The number of carbonyl (C=O) groups excluding carboxylic acids is 2. The van der Waals surface area contributed by atoms with Crippen LogP contribution in [-0.2, 0) is 16.1 Å². The van der Waals surface area contributed by atoms with Crippen molar-refractivity contribution in [3.05, 3.63) is 34.6 Å². The van der Waals surface area contributed by atoms with Crippen LogP contribution in [0.4, 0.5) is 4.39 Å². The van der Waals surface area contributed by atoms with Gasteiger partial charge in [0.1, 0.15) is 11.4 Å². The van der Waals surface area contributed by atoms with E-state index >= 15 is 0 Å². The van der Waals surface area contributed by atoms with Gasteiger partial charge in [-0.25, -0.2) is 4.39 Å². The molecule has 0 aliphatic carbocycles. The standard InChI is InChI=1S/C15H18ClFN2O2/c1-3-15(4-2)14(21)19(9-13(20)18-15)8-10-5-6-12(17)11(16)7-10/h5-7H,3-4,8-9H2,1-2H3,(H,18,20). The number of benzene rings is 1. The maximum Gasteiger partial charge on any atom is 0.249 e. The minimum absolute atomic E-state index is 0.00950. The fourth-order valence-corrected chi connectivity index (χ4v) is 2.83. The van der Waals surface area contributed by atoms with Crippen LogP contribution in [0.2, 0.25) is 5.02 Å². The first kappa shape index (κ1) is 15.8. The normalized spacial score (nSPS) is 17.8. The lowest BCUT2D eigenvalue weighted by molar-refractivity contribution is -0.151. The molecule has 21 heavy (non-hydrogen) atoms. The molecule has 1 N–H and O–H groups in total. The van der Waals surface area contributed by atoms with Gasteiger partial charge in [-0.3, -0.25) is 9.59 Å². The maximum absolute atomic E-state index is 13.2. The molecule has 1 aromatic carbocycles. The molecule has 6 heteroatoms. The molecule has 0 atom stereocenters. The van der Waals surface area contributed by atoms with E-state index in [1.54, 1.807) is 6.07 Å². The molecule has 0 aromatic heterocycles. The summed E-state index contributed by atoms with van der Waals surface area (Å²) in [5.41, 5.74) is -0.135. The Kier molecular flexibility index (Phi) is 4.52. The fourth-order valence-electron chi connectivity index (χ4n) is 2.62. The average Bonchev–Trinajstić information content (AvgIpc) is 2.46. The predicted octanol–water partition coefficient (Wildman–Crippen LogP) is 2.50. The lowest BCUT2D eigenvalue weighted by Crippen LogP contribution is -2.65. The van der Waals surface area contributed by atoms with Gasteiger partial charge in [-0.1, -0.05) is 31.5 Å². The van der Waals surface area contributed by atoms with Gasteiger partial charge in [0.25, 0.3) is 0 Å². The summed E-state index contributed by atoms with van der Waals surface area (Å²) in [6.45, 7) is 4.00. The molecule has 2 rings (SSSR count). The van der Waals surface area contributed by atoms with Gasteiger partial charge >= 0.3 is 0 Å². The van der Waals surface area contributed by atoms with Crippen LogP contribution in [0.5, 0.6) is 0 Å². The van der Waals surface area contributed by atoms with Crippen LogP contribution in [-0.4, -0.2) is 28.8 Å². The molecule has 4 nitrogen and oxygen atoms in total. The first-order valence-electron chi connectivity index (χ1n) is 6.96. The summed E-state index contributed by atoms with van der Waals surface area (Å²) in [6.07, 6.45) is 1.07. The van der Waals surface area contributed by atoms with E-state index in [4.69, 9.17) is 11.6 Å². The van der Waals surface area contributed by atoms with E-state index in [0.29, 0.717) is 18.4 Å². The summed E-state index contributed by atoms with van der Waals surface area (Å²) in [5, 5.41) is 2.81. The number of hydrogen-bond acceptors (Lipinski definition) is 2. The van der Waals surface area contributed by atoms with Gasteiger partial charge in [0.05, 0.1) is 11.6 Å². The van der Waals surface area contributed by atoms with Gasteiger partial charge in [-0.15, -0.1) is 0 Å². The summed E-state index contributed by atoms with van der Waals surface area (Å²) >= 11 is 5.75. The third-order valence-corrected chi connectivity index (χ3v) is 4.26. The third-order valence-electron chi connectivity index (χ3n) is 3.97. The molecule has 0 radical (unpaired) electrons. The largest absolute Gasteiger partial charge is 0.340 e. The molecule has 2 amide bonds. The molecule has 1 aliphatic rings.